The second kappa shape index (κ2) is 12.4. The van der Waals surface area contributed by atoms with Crippen LogP contribution < -0.4 is 5.32 Å². The van der Waals surface area contributed by atoms with Gasteiger partial charge in [0.1, 0.15) is 6.54 Å². The van der Waals surface area contributed by atoms with E-state index < -0.39 is 0 Å². The summed E-state index contributed by atoms with van der Waals surface area (Å²) in [6.45, 7) is 11.3. The Morgan fingerprint density at radius 2 is 1.83 bits per heavy atom. The number of hydrogen-bond acceptors (Lipinski definition) is 5. The van der Waals surface area contributed by atoms with Gasteiger partial charge in [-0.15, -0.1) is 24.0 Å². The van der Waals surface area contributed by atoms with Crippen LogP contribution in [0.5, 0.6) is 0 Å². The molecular weight excluding hydrogens is 483 g/mol. The lowest BCUT2D eigenvalue weighted by molar-refractivity contribution is -0.133. The standard InChI is InChI=1S/C20H34N6O2.HI/c1-3-17-14-18(28-23-17)15-22-20(21-4-2)26-12-10-24(11-13-26)16-19(27)25-8-6-5-7-9-25;/h14H,3-13,15-16H2,1-2H3,(H,21,22);1H. The molecule has 9 heteroatoms. The van der Waals surface area contributed by atoms with Crippen LogP contribution in [-0.4, -0.2) is 84.1 Å². The van der Waals surface area contributed by atoms with Crippen LogP contribution in [-0.2, 0) is 17.8 Å². The third kappa shape index (κ3) is 7.13. The fourth-order valence-corrected chi connectivity index (χ4v) is 3.73. The molecule has 2 saturated heterocycles. The van der Waals surface area contributed by atoms with E-state index in [2.05, 4.69) is 34.1 Å². The van der Waals surface area contributed by atoms with E-state index in [0.29, 0.717) is 13.1 Å². The molecular formula is C20H35IN6O2. The van der Waals surface area contributed by atoms with Crippen LogP contribution in [0.2, 0.25) is 0 Å². The molecule has 1 amide bonds. The summed E-state index contributed by atoms with van der Waals surface area (Å²) in [5.41, 5.74) is 0.960. The molecule has 2 fully saturated rings. The minimum absolute atomic E-state index is 0. The van der Waals surface area contributed by atoms with Crippen molar-refractivity contribution in [1.29, 1.82) is 0 Å². The van der Waals surface area contributed by atoms with Gasteiger partial charge in [0.15, 0.2) is 11.7 Å². The number of nitrogens with one attached hydrogen (secondary N) is 1. The van der Waals surface area contributed by atoms with Gasteiger partial charge in [-0.05, 0) is 32.6 Å². The van der Waals surface area contributed by atoms with Gasteiger partial charge in [0.2, 0.25) is 5.91 Å². The second-order valence-electron chi connectivity index (χ2n) is 7.51. The molecule has 0 atom stereocenters. The van der Waals surface area contributed by atoms with Crippen molar-refractivity contribution in [3.05, 3.63) is 17.5 Å². The Labute approximate surface area is 191 Å². The average Bonchev–Trinajstić information content (AvgIpc) is 3.20. The van der Waals surface area contributed by atoms with Crippen LogP contribution in [0.1, 0.15) is 44.6 Å². The topological polar surface area (TPSA) is 77.2 Å². The molecule has 0 spiro atoms. The molecule has 0 radical (unpaired) electrons. The molecule has 1 N–H and O–H groups in total. The van der Waals surface area contributed by atoms with E-state index in [1.165, 1.54) is 6.42 Å². The number of aliphatic imine (C=N–C) groups is 1. The molecule has 2 aliphatic heterocycles. The maximum absolute atomic E-state index is 12.5. The molecule has 0 bridgehead atoms. The number of nitrogens with zero attached hydrogens (tertiary/aromatic N) is 5. The van der Waals surface area contributed by atoms with E-state index in [-0.39, 0.29) is 29.9 Å². The third-order valence-corrected chi connectivity index (χ3v) is 5.43. The van der Waals surface area contributed by atoms with E-state index in [1.54, 1.807) is 0 Å². The SMILES string of the molecule is CCNC(=NCc1cc(CC)no1)N1CCN(CC(=O)N2CCCCC2)CC1.I. The number of amides is 1. The summed E-state index contributed by atoms with van der Waals surface area (Å²) in [5, 5.41) is 7.40. The number of rotatable bonds is 6. The molecule has 0 aliphatic carbocycles. The van der Waals surface area contributed by atoms with Crippen molar-refractivity contribution in [1.82, 2.24) is 25.2 Å². The summed E-state index contributed by atoms with van der Waals surface area (Å²) < 4.78 is 5.34. The quantitative estimate of drug-likeness (QED) is 0.353. The highest BCUT2D eigenvalue weighted by Crippen LogP contribution is 2.11. The Morgan fingerprint density at radius 1 is 1.10 bits per heavy atom. The number of carbonyl (C=O) groups excluding carboxylic acids is 1. The van der Waals surface area contributed by atoms with Crippen molar-refractivity contribution in [2.45, 2.75) is 46.1 Å². The number of piperazine rings is 1. The van der Waals surface area contributed by atoms with Gasteiger partial charge < -0.3 is 19.6 Å². The Morgan fingerprint density at radius 3 is 2.45 bits per heavy atom. The monoisotopic (exact) mass is 518 g/mol. The van der Waals surface area contributed by atoms with Crippen LogP contribution in [0.3, 0.4) is 0 Å². The van der Waals surface area contributed by atoms with Crippen molar-refractivity contribution in [2.75, 3.05) is 52.4 Å². The van der Waals surface area contributed by atoms with Gasteiger partial charge in [-0.3, -0.25) is 9.69 Å². The van der Waals surface area contributed by atoms with Crippen molar-refractivity contribution in [2.24, 2.45) is 4.99 Å². The number of piperidine rings is 1. The second-order valence-corrected chi connectivity index (χ2v) is 7.51. The first kappa shape index (κ1) is 23.9. The molecule has 1 aromatic rings. The van der Waals surface area contributed by atoms with Gasteiger partial charge in [0.25, 0.3) is 0 Å². The van der Waals surface area contributed by atoms with Crippen molar-refractivity contribution >= 4 is 35.8 Å². The molecule has 0 unspecified atom stereocenters. The highest BCUT2D eigenvalue weighted by atomic mass is 127. The van der Waals surface area contributed by atoms with Gasteiger partial charge >= 0.3 is 0 Å². The minimum Gasteiger partial charge on any atom is -0.359 e. The summed E-state index contributed by atoms with van der Waals surface area (Å²) in [6, 6.07) is 1.97. The van der Waals surface area contributed by atoms with Gasteiger partial charge in [-0.1, -0.05) is 12.1 Å². The first-order valence-corrected chi connectivity index (χ1v) is 10.7. The van der Waals surface area contributed by atoms with Gasteiger partial charge in [0, 0.05) is 51.9 Å². The molecule has 3 rings (SSSR count). The lowest BCUT2D eigenvalue weighted by atomic mass is 10.1. The van der Waals surface area contributed by atoms with E-state index in [4.69, 9.17) is 9.52 Å². The van der Waals surface area contributed by atoms with Gasteiger partial charge in [-0.2, -0.15) is 0 Å². The van der Waals surface area contributed by atoms with E-state index in [9.17, 15) is 4.79 Å². The fourth-order valence-electron chi connectivity index (χ4n) is 3.73. The van der Waals surface area contributed by atoms with Crippen LogP contribution in [0.15, 0.2) is 15.6 Å². The lowest BCUT2D eigenvalue weighted by Crippen LogP contribution is -2.54. The van der Waals surface area contributed by atoms with Crippen LogP contribution in [0.25, 0.3) is 0 Å². The summed E-state index contributed by atoms with van der Waals surface area (Å²) in [6.07, 6.45) is 4.41. The first-order chi connectivity index (χ1) is 13.7. The molecule has 29 heavy (non-hydrogen) atoms. The van der Waals surface area contributed by atoms with Crippen LogP contribution in [0, 0.1) is 0 Å². The van der Waals surface area contributed by atoms with Crippen molar-refractivity contribution in [3.8, 4) is 0 Å². The maximum atomic E-state index is 12.5. The number of carbonyl (C=O) groups is 1. The number of likely N-dealkylation sites (tertiary alicyclic amines) is 1. The van der Waals surface area contributed by atoms with E-state index in [0.717, 1.165) is 82.5 Å². The van der Waals surface area contributed by atoms with Crippen molar-refractivity contribution in [3.63, 3.8) is 0 Å². The zero-order valence-corrected chi connectivity index (χ0v) is 20.1. The van der Waals surface area contributed by atoms with Gasteiger partial charge in [-0.25, -0.2) is 4.99 Å². The Balaban J connectivity index is 0.00000300. The van der Waals surface area contributed by atoms with Crippen LogP contribution in [0.4, 0.5) is 0 Å². The van der Waals surface area contributed by atoms with Gasteiger partial charge in [0.05, 0.1) is 12.2 Å². The molecule has 1 aromatic heterocycles. The minimum atomic E-state index is 0. The molecule has 164 valence electrons. The third-order valence-electron chi connectivity index (χ3n) is 5.43. The molecule has 0 aromatic carbocycles. The van der Waals surface area contributed by atoms with E-state index >= 15 is 0 Å². The van der Waals surface area contributed by atoms with E-state index in [1.807, 2.05) is 11.0 Å². The number of hydrogen-bond donors (Lipinski definition) is 1. The highest BCUT2D eigenvalue weighted by Gasteiger charge is 2.24. The summed E-state index contributed by atoms with van der Waals surface area (Å²) >= 11 is 0. The molecule has 2 aliphatic rings. The predicted molar refractivity (Wildman–Crippen MR) is 125 cm³/mol. The smallest absolute Gasteiger partial charge is 0.236 e. The average molecular weight is 518 g/mol. The zero-order valence-electron chi connectivity index (χ0n) is 17.7. The molecule has 8 nitrogen and oxygen atoms in total. The normalized spacial score (nSPS) is 18.5. The predicted octanol–water partition coefficient (Wildman–Crippen LogP) is 1.95. The fraction of sp³-hybridized carbons (Fsp3) is 0.750. The van der Waals surface area contributed by atoms with Crippen LogP contribution >= 0.6 is 24.0 Å². The Hall–Kier alpha value is -1.36. The number of aromatic nitrogens is 1. The highest BCUT2D eigenvalue weighted by molar-refractivity contribution is 14.0. The molecule has 0 saturated carbocycles. The summed E-state index contributed by atoms with van der Waals surface area (Å²) in [4.78, 5) is 23.8. The number of halogens is 1. The maximum Gasteiger partial charge on any atom is 0.236 e. The largest absolute Gasteiger partial charge is 0.359 e. The summed E-state index contributed by atoms with van der Waals surface area (Å²) in [5.74, 6) is 1.97. The lowest BCUT2D eigenvalue weighted by Gasteiger charge is -2.37. The zero-order chi connectivity index (χ0) is 19.8. The number of aryl methyl sites for hydroxylation is 1. The Kier molecular flexibility index (Phi) is 10.2. The Bertz CT molecular complexity index is 651. The summed E-state index contributed by atoms with van der Waals surface area (Å²) in [7, 11) is 0. The first-order valence-electron chi connectivity index (χ1n) is 10.7. The molecule has 3 heterocycles. The van der Waals surface area contributed by atoms with Crippen molar-refractivity contribution < 1.29 is 9.32 Å². The number of guanidine groups is 1.